The maximum atomic E-state index is 12.7. The summed E-state index contributed by atoms with van der Waals surface area (Å²) in [6, 6.07) is 6.73. The highest BCUT2D eigenvalue weighted by Crippen LogP contribution is 2.24. The first kappa shape index (κ1) is 16.5. The van der Waals surface area contributed by atoms with E-state index >= 15 is 0 Å². The summed E-state index contributed by atoms with van der Waals surface area (Å²) >= 11 is 0. The zero-order valence-corrected chi connectivity index (χ0v) is 14.4. The number of likely N-dealkylation sites (tertiary alicyclic amines) is 1. The van der Waals surface area contributed by atoms with Crippen molar-refractivity contribution in [2.24, 2.45) is 0 Å². The molecular weight excluding hydrogens is 312 g/mol. The number of carbonyl (C=O) groups excluding carboxylic acids is 1. The Morgan fingerprint density at radius 3 is 2.48 bits per heavy atom. The molecule has 0 spiro atoms. The van der Waals surface area contributed by atoms with E-state index < -0.39 is 10.0 Å². The molecule has 2 aliphatic heterocycles. The van der Waals surface area contributed by atoms with E-state index in [1.54, 1.807) is 18.2 Å². The predicted molar refractivity (Wildman–Crippen MR) is 88.8 cm³/mol. The molecule has 6 heteroatoms. The van der Waals surface area contributed by atoms with Crippen molar-refractivity contribution in [3.8, 4) is 0 Å². The molecule has 5 nitrogen and oxygen atoms in total. The number of nitrogens with zero attached hydrogens (tertiary/aromatic N) is 2. The molecule has 0 N–H and O–H groups in total. The lowest BCUT2D eigenvalue weighted by Crippen LogP contribution is -2.42. The fourth-order valence-electron chi connectivity index (χ4n) is 3.43. The molecule has 0 unspecified atom stereocenters. The smallest absolute Gasteiger partial charge is 0.254 e. The Balaban J connectivity index is 1.86. The summed E-state index contributed by atoms with van der Waals surface area (Å²) in [5, 5.41) is 0. The molecule has 126 valence electrons. The highest BCUT2D eigenvalue weighted by Gasteiger charge is 2.29. The third-order valence-electron chi connectivity index (χ3n) is 4.85. The number of hydrogen-bond donors (Lipinski definition) is 0. The first-order valence-electron chi connectivity index (χ1n) is 8.41. The van der Waals surface area contributed by atoms with Crippen LogP contribution in [0.1, 0.15) is 49.4 Å². The molecule has 0 bridgehead atoms. The molecule has 0 aromatic heterocycles. The minimum absolute atomic E-state index is 0.0596. The summed E-state index contributed by atoms with van der Waals surface area (Å²) in [4.78, 5) is 14.8. The summed E-state index contributed by atoms with van der Waals surface area (Å²) in [6.45, 7) is 3.96. The number of sulfonamides is 1. The first-order valence-corrected chi connectivity index (χ1v) is 9.85. The van der Waals surface area contributed by atoms with Gasteiger partial charge in [-0.2, -0.15) is 4.31 Å². The third kappa shape index (κ3) is 3.28. The van der Waals surface area contributed by atoms with Crippen LogP contribution in [-0.4, -0.2) is 49.2 Å². The lowest BCUT2D eigenvalue weighted by Gasteiger charge is -2.33. The van der Waals surface area contributed by atoms with E-state index in [1.807, 2.05) is 4.90 Å². The Kier molecular flexibility index (Phi) is 4.73. The van der Waals surface area contributed by atoms with Crippen molar-refractivity contribution in [3.05, 3.63) is 29.8 Å². The predicted octanol–water partition coefficient (Wildman–Crippen LogP) is 2.49. The van der Waals surface area contributed by atoms with Crippen LogP contribution in [0, 0.1) is 0 Å². The highest BCUT2D eigenvalue weighted by atomic mass is 32.2. The van der Waals surface area contributed by atoms with Gasteiger partial charge in [-0.3, -0.25) is 4.79 Å². The zero-order chi connectivity index (χ0) is 16.4. The van der Waals surface area contributed by atoms with E-state index in [9.17, 15) is 13.2 Å². The quantitative estimate of drug-likeness (QED) is 0.852. The zero-order valence-electron chi connectivity index (χ0n) is 13.6. The number of hydrogen-bond acceptors (Lipinski definition) is 3. The van der Waals surface area contributed by atoms with Crippen LogP contribution < -0.4 is 0 Å². The lowest BCUT2D eigenvalue weighted by atomic mass is 10.0. The van der Waals surface area contributed by atoms with Gasteiger partial charge >= 0.3 is 0 Å². The Morgan fingerprint density at radius 2 is 1.78 bits per heavy atom. The second kappa shape index (κ2) is 6.61. The van der Waals surface area contributed by atoms with Gasteiger partial charge in [0.05, 0.1) is 4.90 Å². The van der Waals surface area contributed by atoms with Crippen molar-refractivity contribution < 1.29 is 13.2 Å². The largest absolute Gasteiger partial charge is 0.336 e. The van der Waals surface area contributed by atoms with Gasteiger partial charge in [-0.05, 0) is 57.2 Å². The lowest BCUT2D eigenvalue weighted by molar-refractivity contribution is 0.0635. The molecule has 1 amide bonds. The molecule has 2 aliphatic rings. The van der Waals surface area contributed by atoms with Gasteiger partial charge in [0.25, 0.3) is 5.91 Å². The van der Waals surface area contributed by atoms with Crippen LogP contribution >= 0.6 is 0 Å². The van der Waals surface area contributed by atoms with Gasteiger partial charge in [0.2, 0.25) is 10.0 Å². The van der Waals surface area contributed by atoms with Crippen molar-refractivity contribution in [1.82, 2.24) is 9.21 Å². The van der Waals surface area contributed by atoms with E-state index in [2.05, 4.69) is 6.92 Å². The van der Waals surface area contributed by atoms with Crippen molar-refractivity contribution in [1.29, 1.82) is 0 Å². The van der Waals surface area contributed by atoms with Crippen molar-refractivity contribution in [2.75, 3.05) is 19.6 Å². The number of rotatable bonds is 3. The SMILES string of the molecule is C[C@H]1CCCCN1C(=O)c1cccc(S(=O)(=O)N2CCCC2)c1. The van der Waals surface area contributed by atoms with E-state index in [-0.39, 0.29) is 16.8 Å². The maximum absolute atomic E-state index is 12.7. The van der Waals surface area contributed by atoms with Crippen LogP contribution in [0.15, 0.2) is 29.2 Å². The molecule has 0 saturated carbocycles. The number of carbonyl (C=O) groups is 1. The van der Waals surface area contributed by atoms with Gasteiger partial charge in [0.1, 0.15) is 0 Å². The van der Waals surface area contributed by atoms with Gasteiger partial charge in [-0.25, -0.2) is 8.42 Å². The molecule has 2 fully saturated rings. The highest BCUT2D eigenvalue weighted by molar-refractivity contribution is 7.89. The Morgan fingerprint density at radius 1 is 1.09 bits per heavy atom. The van der Waals surface area contributed by atoms with Crippen LogP contribution in [0.5, 0.6) is 0 Å². The normalized spacial score (nSPS) is 23.2. The van der Waals surface area contributed by atoms with Gasteiger partial charge in [-0.1, -0.05) is 6.07 Å². The minimum atomic E-state index is -3.48. The summed E-state index contributed by atoms with van der Waals surface area (Å²) in [5.74, 6) is -0.0596. The van der Waals surface area contributed by atoms with E-state index in [0.717, 1.165) is 38.6 Å². The number of amides is 1. The van der Waals surface area contributed by atoms with Crippen molar-refractivity contribution in [3.63, 3.8) is 0 Å². The summed E-state index contributed by atoms with van der Waals surface area (Å²) < 4.78 is 26.8. The Hall–Kier alpha value is -1.40. The molecule has 1 aromatic rings. The molecule has 23 heavy (non-hydrogen) atoms. The van der Waals surface area contributed by atoms with Crippen LogP contribution in [0.2, 0.25) is 0 Å². The van der Waals surface area contributed by atoms with Crippen LogP contribution in [-0.2, 0) is 10.0 Å². The summed E-state index contributed by atoms with van der Waals surface area (Å²) in [7, 11) is -3.48. The maximum Gasteiger partial charge on any atom is 0.254 e. The minimum Gasteiger partial charge on any atom is -0.336 e. The molecule has 2 heterocycles. The molecule has 1 atom stereocenters. The first-order chi connectivity index (χ1) is 11.0. The molecule has 0 aliphatic carbocycles. The molecule has 0 radical (unpaired) electrons. The van der Waals surface area contributed by atoms with Gasteiger partial charge in [0, 0.05) is 31.2 Å². The topological polar surface area (TPSA) is 57.7 Å². The number of piperidine rings is 1. The number of benzene rings is 1. The van der Waals surface area contributed by atoms with E-state index in [0.29, 0.717) is 18.7 Å². The van der Waals surface area contributed by atoms with Crippen LogP contribution in [0.25, 0.3) is 0 Å². The summed E-state index contributed by atoms with van der Waals surface area (Å²) in [6.07, 6.45) is 4.99. The second-order valence-electron chi connectivity index (χ2n) is 6.48. The average molecular weight is 336 g/mol. The fourth-order valence-corrected chi connectivity index (χ4v) is 5.00. The van der Waals surface area contributed by atoms with Crippen molar-refractivity contribution in [2.45, 2.75) is 50.0 Å². The molecule has 1 aromatic carbocycles. The van der Waals surface area contributed by atoms with Crippen LogP contribution in [0.3, 0.4) is 0 Å². The van der Waals surface area contributed by atoms with E-state index in [1.165, 1.54) is 10.4 Å². The standard InChI is InChI=1S/C17H24N2O3S/c1-14-7-2-3-12-19(14)17(20)15-8-6-9-16(13-15)23(21,22)18-10-4-5-11-18/h6,8-9,13-14H,2-5,7,10-12H2,1H3/t14-/m0/s1. The van der Waals surface area contributed by atoms with Gasteiger partial charge < -0.3 is 4.90 Å². The van der Waals surface area contributed by atoms with Gasteiger partial charge in [0.15, 0.2) is 0 Å². The van der Waals surface area contributed by atoms with Crippen molar-refractivity contribution >= 4 is 15.9 Å². The monoisotopic (exact) mass is 336 g/mol. The molecule has 3 rings (SSSR count). The Bertz CT molecular complexity index is 681. The Labute approximate surface area is 138 Å². The fraction of sp³-hybridized carbons (Fsp3) is 0.588. The van der Waals surface area contributed by atoms with E-state index in [4.69, 9.17) is 0 Å². The second-order valence-corrected chi connectivity index (χ2v) is 8.42. The molecule has 2 saturated heterocycles. The summed E-state index contributed by atoms with van der Waals surface area (Å²) in [5.41, 5.74) is 0.471. The third-order valence-corrected chi connectivity index (χ3v) is 6.74. The van der Waals surface area contributed by atoms with Crippen LogP contribution in [0.4, 0.5) is 0 Å². The van der Waals surface area contributed by atoms with Gasteiger partial charge in [-0.15, -0.1) is 0 Å². The average Bonchev–Trinajstić information content (AvgIpc) is 3.10. The molecular formula is C17H24N2O3S.